The van der Waals surface area contributed by atoms with Gasteiger partial charge in [0, 0.05) is 12.6 Å². The van der Waals surface area contributed by atoms with E-state index in [9.17, 15) is 0 Å². The van der Waals surface area contributed by atoms with Gasteiger partial charge in [0.15, 0.2) is 0 Å². The zero-order valence-electron chi connectivity index (χ0n) is 11.1. The monoisotopic (exact) mass is 261 g/mol. The van der Waals surface area contributed by atoms with Crippen molar-refractivity contribution in [2.24, 2.45) is 0 Å². The van der Waals surface area contributed by atoms with E-state index in [4.69, 9.17) is 4.74 Å². The molecule has 2 rings (SSSR count). The fraction of sp³-hybridized carbons (Fsp3) is 0.333. The largest absolute Gasteiger partial charge is 0.497 e. The van der Waals surface area contributed by atoms with Crippen LogP contribution in [0.4, 0.5) is 0 Å². The number of hydrogen-bond donors (Lipinski definition) is 1. The summed E-state index contributed by atoms with van der Waals surface area (Å²) in [6.07, 6.45) is 0. The maximum atomic E-state index is 5.31. The van der Waals surface area contributed by atoms with Gasteiger partial charge in [0.25, 0.3) is 0 Å². The van der Waals surface area contributed by atoms with Crippen LogP contribution in [0.2, 0.25) is 0 Å². The van der Waals surface area contributed by atoms with Gasteiger partial charge in [-0.3, -0.25) is 0 Å². The first kappa shape index (κ1) is 13.1. The summed E-state index contributed by atoms with van der Waals surface area (Å²) >= 11 is 1.73. The van der Waals surface area contributed by atoms with Crippen molar-refractivity contribution in [1.82, 2.24) is 5.32 Å². The molecule has 2 aromatic rings. The third-order valence-corrected chi connectivity index (χ3v) is 3.53. The van der Waals surface area contributed by atoms with E-state index in [0.29, 0.717) is 6.04 Å². The van der Waals surface area contributed by atoms with E-state index in [1.165, 1.54) is 16.7 Å². The van der Waals surface area contributed by atoms with Crippen LogP contribution < -0.4 is 10.1 Å². The lowest BCUT2D eigenvalue weighted by atomic mass is 10.0. The Morgan fingerprint density at radius 1 is 1.28 bits per heavy atom. The number of rotatable bonds is 5. The van der Waals surface area contributed by atoms with Crippen molar-refractivity contribution in [1.29, 1.82) is 0 Å². The highest BCUT2D eigenvalue weighted by atomic mass is 32.1. The second-order valence-corrected chi connectivity index (χ2v) is 5.35. The molecule has 0 amide bonds. The van der Waals surface area contributed by atoms with Gasteiger partial charge in [0.2, 0.25) is 0 Å². The van der Waals surface area contributed by atoms with E-state index in [1.807, 2.05) is 6.07 Å². The maximum Gasteiger partial charge on any atom is 0.119 e. The average molecular weight is 261 g/mol. The third-order valence-electron chi connectivity index (χ3n) is 2.85. The van der Waals surface area contributed by atoms with Crippen LogP contribution in [0.5, 0.6) is 5.75 Å². The molecule has 2 nitrogen and oxygen atoms in total. The van der Waals surface area contributed by atoms with E-state index in [-0.39, 0.29) is 0 Å². The normalized spacial score (nSPS) is 10.9. The minimum atomic E-state index is 0.478. The number of benzene rings is 1. The number of hydrogen-bond acceptors (Lipinski definition) is 3. The molecule has 3 heteroatoms. The first-order valence-electron chi connectivity index (χ1n) is 6.13. The van der Waals surface area contributed by atoms with Gasteiger partial charge >= 0.3 is 0 Å². The Kier molecular flexibility index (Phi) is 4.39. The van der Waals surface area contributed by atoms with Gasteiger partial charge in [0.05, 0.1) is 7.11 Å². The molecule has 0 aliphatic carbocycles. The Morgan fingerprint density at radius 2 is 2.11 bits per heavy atom. The van der Waals surface area contributed by atoms with Crippen molar-refractivity contribution in [3.8, 4) is 16.9 Å². The van der Waals surface area contributed by atoms with Gasteiger partial charge in [-0.25, -0.2) is 0 Å². The molecule has 0 spiro atoms. The molecule has 0 bridgehead atoms. The van der Waals surface area contributed by atoms with Crippen LogP contribution in [0.15, 0.2) is 35.0 Å². The lowest BCUT2D eigenvalue weighted by molar-refractivity contribution is 0.414. The molecule has 0 radical (unpaired) electrons. The van der Waals surface area contributed by atoms with E-state index in [2.05, 4.69) is 48.1 Å². The summed E-state index contributed by atoms with van der Waals surface area (Å²) in [6.45, 7) is 5.18. The zero-order chi connectivity index (χ0) is 13.0. The molecule has 1 aromatic heterocycles. The van der Waals surface area contributed by atoms with Crippen LogP contribution in [0.1, 0.15) is 19.4 Å². The SMILES string of the molecule is COc1ccc(-c2ccsc2)c(CNC(C)C)c1. The third kappa shape index (κ3) is 3.12. The van der Waals surface area contributed by atoms with E-state index >= 15 is 0 Å². The summed E-state index contributed by atoms with van der Waals surface area (Å²) in [5.41, 5.74) is 3.84. The molecule has 1 heterocycles. The predicted molar refractivity (Wildman–Crippen MR) is 78.3 cm³/mol. The van der Waals surface area contributed by atoms with Crippen LogP contribution in [-0.2, 0) is 6.54 Å². The van der Waals surface area contributed by atoms with Crippen LogP contribution in [-0.4, -0.2) is 13.2 Å². The molecule has 0 aliphatic rings. The Morgan fingerprint density at radius 3 is 2.72 bits per heavy atom. The predicted octanol–water partition coefficient (Wildman–Crippen LogP) is 3.92. The Balaban J connectivity index is 2.32. The maximum absolute atomic E-state index is 5.31. The molecule has 1 aromatic carbocycles. The fourth-order valence-electron chi connectivity index (χ4n) is 1.86. The second kappa shape index (κ2) is 6.03. The number of methoxy groups -OCH3 is 1. The molecule has 1 N–H and O–H groups in total. The lowest BCUT2D eigenvalue weighted by Crippen LogP contribution is -2.22. The second-order valence-electron chi connectivity index (χ2n) is 4.57. The lowest BCUT2D eigenvalue weighted by Gasteiger charge is -2.13. The minimum Gasteiger partial charge on any atom is -0.497 e. The van der Waals surface area contributed by atoms with Gasteiger partial charge in [0.1, 0.15) is 5.75 Å². The van der Waals surface area contributed by atoms with Gasteiger partial charge in [-0.1, -0.05) is 19.9 Å². The summed E-state index contributed by atoms with van der Waals surface area (Å²) < 4.78 is 5.31. The summed E-state index contributed by atoms with van der Waals surface area (Å²) in [7, 11) is 1.71. The summed E-state index contributed by atoms with van der Waals surface area (Å²) in [5.74, 6) is 0.912. The zero-order valence-corrected chi connectivity index (χ0v) is 11.9. The molecule has 0 saturated carbocycles. The molecule has 0 unspecified atom stereocenters. The van der Waals surface area contributed by atoms with E-state index < -0.39 is 0 Å². The highest BCUT2D eigenvalue weighted by Crippen LogP contribution is 2.29. The Bertz CT molecular complexity index is 491. The van der Waals surface area contributed by atoms with E-state index in [0.717, 1.165) is 12.3 Å². The quantitative estimate of drug-likeness (QED) is 0.880. The van der Waals surface area contributed by atoms with Crippen LogP contribution >= 0.6 is 11.3 Å². The summed E-state index contributed by atoms with van der Waals surface area (Å²) in [5, 5.41) is 7.75. The Labute approximate surface area is 113 Å². The smallest absolute Gasteiger partial charge is 0.119 e. The van der Waals surface area contributed by atoms with Gasteiger partial charge in [-0.05, 0) is 45.6 Å². The first-order valence-corrected chi connectivity index (χ1v) is 7.08. The molecule has 0 aliphatic heterocycles. The van der Waals surface area contributed by atoms with Crippen LogP contribution in [0.25, 0.3) is 11.1 Å². The number of thiophene rings is 1. The molecular formula is C15H19NOS. The standard InChI is InChI=1S/C15H19NOS/c1-11(2)16-9-13-8-14(17-3)4-5-15(13)12-6-7-18-10-12/h4-8,10-11,16H,9H2,1-3H3. The van der Waals surface area contributed by atoms with Crippen molar-refractivity contribution >= 4 is 11.3 Å². The highest BCUT2D eigenvalue weighted by molar-refractivity contribution is 7.08. The van der Waals surface area contributed by atoms with Crippen LogP contribution in [0, 0.1) is 0 Å². The molecule has 0 atom stereocenters. The van der Waals surface area contributed by atoms with Crippen molar-refractivity contribution < 1.29 is 4.74 Å². The minimum absolute atomic E-state index is 0.478. The highest BCUT2D eigenvalue weighted by Gasteiger charge is 2.07. The first-order chi connectivity index (χ1) is 8.70. The molecule has 0 fully saturated rings. The topological polar surface area (TPSA) is 21.3 Å². The number of ether oxygens (including phenoxy) is 1. The fourth-order valence-corrected chi connectivity index (χ4v) is 2.51. The average Bonchev–Trinajstić information content (AvgIpc) is 2.89. The molecule has 18 heavy (non-hydrogen) atoms. The van der Waals surface area contributed by atoms with Crippen molar-refractivity contribution in [2.45, 2.75) is 26.4 Å². The summed E-state index contributed by atoms with van der Waals surface area (Å²) in [6, 6.07) is 8.91. The van der Waals surface area contributed by atoms with Crippen LogP contribution in [0.3, 0.4) is 0 Å². The van der Waals surface area contributed by atoms with Gasteiger partial charge < -0.3 is 10.1 Å². The Hall–Kier alpha value is -1.32. The summed E-state index contributed by atoms with van der Waals surface area (Å²) in [4.78, 5) is 0. The van der Waals surface area contributed by atoms with Crippen molar-refractivity contribution in [2.75, 3.05) is 7.11 Å². The van der Waals surface area contributed by atoms with E-state index in [1.54, 1.807) is 18.4 Å². The van der Waals surface area contributed by atoms with Crippen molar-refractivity contribution in [3.05, 3.63) is 40.6 Å². The number of nitrogens with one attached hydrogen (secondary N) is 1. The molecule has 0 saturated heterocycles. The molecular weight excluding hydrogens is 242 g/mol. The van der Waals surface area contributed by atoms with Gasteiger partial charge in [-0.15, -0.1) is 0 Å². The van der Waals surface area contributed by atoms with Gasteiger partial charge in [-0.2, -0.15) is 11.3 Å². The molecule has 96 valence electrons. The van der Waals surface area contributed by atoms with Crippen molar-refractivity contribution in [3.63, 3.8) is 0 Å².